The van der Waals surface area contributed by atoms with Crippen LogP contribution in [0.1, 0.15) is 5.56 Å². The minimum Gasteiger partial charge on any atom is -0.384 e. The van der Waals surface area contributed by atoms with Gasteiger partial charge in [0, 0.05) is 16.2 Å². The number of aromatic amines is 1. The van der Waals surface area contributed by atoms with Crippen molar-refractivity contribution in [2.24, 2.45) is 0 Å². The second-order valence-corrected chi connectivity index (χ2v) is 5.06. The average Bonchev–Trinajstić information content (AvgIpc) is 2.86. The Bertz CT molecular complexity index is 753. The van der Waals surface area contributed by atoms with Gasteiger partial charge in [-0.1, -0.05) is 11.3 Å². The summed E-state index contributed by atoms with van der Waals surface area (Å²) in [4.78, 5) is 4.69. The average molecular weight is 293 g/mol. The lowest BCUT2D eigenvalue weighted by Crippen LogP contribution is -1.95. The molecule has 0 unspecified atom stereocenters. The fourth-order valence-corrected chi connectivity index (χ4v) is 2.81. The SMILES string of the molecule is Nc1cc(SCc2c(F)cccc2F)c2nn[nH]c2n1. The number of halogens is 2. The molecule has 20 heavy (non-hydrogen) atoms. The van der Waals surface area contributed by atoms with Crippen LogP contribution in [0.2, 0.25) is 0 Å². The molecule has 3 rings (SSSR count). The zero-order chi connectivity index (χ0) is 14.1. The van der Waals surface area contributed by atoms with Crippen LogP contribution in [0.4, 0.5) is 14.6 Å². The Morgan fingerprint density at radius 1 is 1.25 bits per heavy atom. The van der Waals surface area contributed by atoms with Crippen LogP contribution >= 0.6 is 11.8 Å². The Kier molecular flexibility index (Phi) is 3.23. The predicted molar refractivity (Wildman–Crippen MR) is 72.0 cm³/mol. The van der Waals surface area contributed by atoms with Gasteiger partial charge in [-0.05, 0) is 18.2 Å². The molecule has 0 spiro atoms. The van der Waals surface area contributed by atoms with Crippen molar-refractivity contribution in [1.82, 2.24) is 20.4 Å². The summed E-state index contributed by atoms with van der Waals surface area (Å²) in [5.41, 5.74) is 6.66. The molecule has 8 heteroatoms. The molecule has 0 atom stereocenters. The van der Waals surface area contributed by atoms with Gasteiger partial charge in [-0.25, -0.2) is 18.9 Å². The number of nitrogens with two attached hydrogens (primary N) is 1. The van der Waals surface area contributed by atoms with Crippen LogP contribution in [0, 0.1) is 11.6 Å². The quantitative estimate of drug-likeness (QED) is 0.725. The summed E-state index contributed by atoms with van der Waals surface area (Å²) >= 11 is 1.23. The number of rotatable bonds is 3. The summed E-state index contributed by atoms with van der Waals surface area (Å²) in [7, 11) is 0. The number of nitrogens with one attached hydrogen (secondary N) is 1. The first-order chi connectivity index (χ1) is 9.65. The Balaban J connectivity index is 1.92. The summed E-state index contributed by atoms with van der Waals surface area (Å²) in [5.74, 6) is -0.726. The third-order valence-corrected chi connectivity index (χ3v) is 3.77. The number of thioether (sulfide) groups is 1. The lowest BCUT2D eigenvalue weighted by Gasteiger charge is -2.05. The number of anilines is 1. The minimum atomic E-state index is -0.573. The standard InChI is InChI=1S/C12H9F2N5S/c13-7-2-1-3-8(14)6(7)5-20-9-4-10(15)16-12-11(9)17-19-18-12/h1-4H,5H2,(H3,15,16,17,18,19). The molecule has 2 heterocycles. The first kappa shape index (κ1) is 12.8. The van der Waals surface area contributed by atoms with E-state index in [0.717, 1.165) is 0 Å². The summed E-state index contributed by atoms with van der Waals surface area (Å²) in [5, 5.41) is 10.1. The molecule has 0 aliphatic carbocycles. The maximum Gasteiger partial charge on any atom is 0.179 e. The molecule has 102 valence electrons. The van der Waals surface area contributed by atoms with E-state index in [1.54, 1.807) is 6.07 Å². The number of fused-ring (bicyclic) bond motifs is 1. The van der Waals surface area contributed by atoms with Crippen molar-refractivity contribution >= 4 is 28.7 Å². The molecule has 5 nitrogen and oxygen atoms in total. The van der Waals surface area contributed by atoms with E-state index in [1.807, 2.05) is 0 Å². The van der Waals surface area contributed by atoms with Gasteiger partial charge in [0.05, 0.1) is 0 Å². The fraction of sp³-hybridized carbons (Fsp3) is 0.0833. The molecule has 0 saturated heterocycles. The van der Waals surface area contributed by atoms with Gasteiger partial charge in [0.15, 0.2) is 5.65 Å². The van der Waals surface area contributed by atoms with Gasteiger partial charge in [-0.3, -0.25) is 0 Å². The van der Waals surface area contributed by atoms with Gasteiger partial charge in [0.2, 0.25) is 0 Å². The third kappa shape index (κ3) is 2.29. The lowest BCUT2D eigenvalue weighted by molar-refractivity contribution is 0.566. The van der Waals surface area contributed by atoms with Crippen molar-refractivity contribution in [2.75, 3.05) is 5.73 Å². The summed E-state index contributed by atoms with van der Waals surface area (Å²) in [6.45, 7) is 0. The van der Waals surface area contributed by atoms with Crippen molar-refractivity contribution in [3.05, 3.63) is 41.5 Å². The van der Waals surface area contributed by atoms with E-state index in [-0.39, 0.29) is 11.3 Å². The van der Waals surface area contributed by atoms with E-state index in [2.05, 4.69) is 20.4 Å². The van der Waals surface area contributed by atoms with Crippen molar-refractivity contribution < 1.29 is 8.78 Å². The molecule has 0 aliphatic heterocycles. The fourth-order valence-electron chi connectivity index (χ4n) is 1.76. The lowest BCUT2D eigenvalue weighted by atomic mass is 10.2. The van der Waals surface area contributed by atoms with Crippen LogP contribution in [-0.4, -0.2) is 20.4 Å². The molecule has 0 bridgehead atoms. The number of benzene rings is 1. The van der Waals surface area contributed by atoms with Crippen LogP contribution < -0.4 is 5.73 Å². The van der Waals surface area contributed by atoms with Gasteiger partial charge in [-0.2, -0.15) is 0 Å². The van der Waals surface area contributed by atoms with E-state index in [9.17, 15) is 8.78 Å². The first-order valence-electron chi connectivity index (χ1n) is 5.68. The number of H-pyrrole nitrogens is 1. The molecular weight excluding hydrogens is 284 g/mol. The second-order valence-electron chi connectivity index (χ2n) is 4.04. The molecular formula is C12H9F2N5S. The number of hydrogen-bond donors (Lipinski definition) is 2. The molecule has 2 aromatic heterocycles. The summed E-state index contributed by atoms with van der Waals surface area (Å²) in [6.07, 6.45) is 0. The van der Waals surface area contributed by atoms with E-state index in [4.69, 9.17) is 5.73 Å². The number of hydrogen-bond acceptors (Lipinski definition) is 5. The van der Waals surface area contributed by atoms with Gasteiger partial charge in [-0.15, -0.1) is 16.9 Å². The van der Waals surface area contributed by atoms with Gasteiger partial charge in [0.25, 0.3) is 0 Å². The Hall–Kier alpha value is -2.22. The minimum absolute atomic E-state index is 0.0181. The van der Waals surface area contributed by atoms with E-state index < -0.39 is 11.6 Å². The number of aromatic nitrogens is 4. The van der Waals surface area contributed by atoms with Crippen LogP contribution in [0.25, 0.3) is 11.2 Å². The highest BCUT2D eigenvalue weighted by molar-refractivity contribution is 7.98. The van der Waals surface area contributed by atoms with Crippen molar-refractivity contribution in [3.8, 4) is 0 Å². The van der Waals surface area contributed by atoms with E-state index in [0.29, 0.717) is 21.9 Å². The second kappa shape index (κ2) is 5.04. The molecule has 0 fully saturated rings. The Morgan fingerprint density at radius 3 is 2.75 bits per heavy atom. The summed E-state index contributed by atoms with van der Waals surface area (Å²) < 4.78 is 27.1. The molecule has 0 radical (unpaired) electrons. The molecule has 3 aromatic rings. The molecule has 1 aromatic carbocycles. The smallest absolute Gasteiger partial charge is 0.179 e. The van der Waals surface area contributed by atoms with Crippen LogP contribution in [0.15, 0.2) is 29.2 Å². The maximum absolute atomic E-state index is 13.6. The molecule has 0 amide bonds. The van der Waals surface area contributed by atoms with Crippen LogP contribution in [-0.2, 0) is 5.75 Å². The Labute approximate surface area is 116 Å². The maximum atomic E-state index is 13.6. The van der Waals surface area contributed by atoms with Crippen molar-refractivity contribution in [2.45, 2.75) is 10.6 Å². The number of pyridine rings is 1. The van der Waals surface area contributed by atoms with Gasteiger partial charge in [0.1, 0.15) is 23.0 Å². The molecule has 0 aliphatic rings. The van der Waals surface area contributed by atoms with Gasteiger partial charge >= 0.3 is 0 Å². The van der Waals surface area contributed by atoms with Crippen LogP contribution in [0.5, 0.6) is 0 Å². The molecule has 0 saturated carbocycles. The summed E-state index contributed by atoms with van der Waals surface area (Å²) in [6, 6.07) is 5.39. The Morgan fingerprint density at radius 2 is 2.00 bits per heavy atom. The van der Waals surface area contributed by atoms with E-state index >= 15 is 0 Å². The predicted octanol–water partition coefficient (Wildman–Crippen LogP) is 2.51. The zero-order valence-electron chi connectivity index (χ0n) is 10.1. The number of nitrogens with zero attached hydrogens (tertiary/aromatic N) is 3. The highest BCUT2D eigenvalue weighted by Gasteiger charge is 2.12. The largest absolute Gasteiger partial charge is 0.384 e. The monoisotopic (exact) mass is 293 g/mol. The van der Waals surface area contributed by atoms with Crippen molar-refractivity contribution in [1.29, 1.82) is 0 Å². The van der Waals surface area contributed by atoms with Crippen LogP contribution in [0.3, 0.4) is 0 Å². The highest BCUT2D eigenvalue weighted by Crippen LogP contribution is 2.30. The zero-order valence-corrected chi connectivity index (χ0v) is 10.9. The van der Waals surface area contributed by atoms with Gasteiger partial charge < -0.3 is 5.73 Å². The van der Waals surface area contributed by atoms with E-state index in [1.165, 1.54) is 30.0 Å². The topological polar surface area (TPSA) is 80.5 Å². The normalized spacial score (nSPS) is 11.1. The number of nitrogen functional groups attached to an aromatic ring is 1. The first-order valence-corrected chi connectivity index (χ1v) is 6.66. The molecule has 3 N–H and O–H groups in total. The van der Waals surface area contributed by atoms with Crippen molar-refractivity contribution in [3.63, 3.8) is 0 Å². The highest BCUT2D eigenvalue weighted by atomic mass is 32.2. The third-order valence-electron chi connectivity index (χ3n) is 2.72.